The molecule has 0 saturated carbocycles. The highest BCUT2D eigenvalue weighted by molar-refractivity contribution is 5.79. The normalized spacial score (nSPS) is 19.5. The van der Waals surface area contributed by atoms with Crippen LogP contribution in [0.3, 0.4) is 0 Å². The van der Waals surface area contributed by atoms with Gasteiger partial charge in [0.15, 0.2) is 0 Å². The molecule has 1 fully saturated rings. The van der Waals surface area contributed by atoms with Crippen molar-refractivity contribution < 1.29 is 19.4 Å². The standard InChI is InChI=1S/C14H26N2O4/c1-11(17)16-7-4-12(5-8-16)13(18)15-10-14(2,19)6-9-20-3/h12,19H,4-10H2,1-3H3,(H,15,18). The third kappa shape index (κ3) is 5.46. The number of nitrogens with zero attached hydrogens (tertiary/aromatic N) is 1. The van der Waals surface area contributed by atoms with E-state index in [1.54, 1.807) is 25.9 Å². The summed E-state index contributed by atoms with van der Waals surface area (Å²) in [5, 5.41) is 12.9. The lowest BCUT2D eigenvalue weighted by Crippen LogP contribution is -2.46. The maximum Gasteiger partial charge on any atom is 0.223 e. The molecule has 0 aromatic heterocycles. The minimum absolute atomic E-state index is 0.0362. The molecule has 0 aromatic rings. The highest BCUT2D eigenvalue weighted by atomic mass is 16.5. The van der Waals surface area contributed by atoms with E-state index in [4.69, 9.17) is 4.74 Å². The predicted octanol–water partition coefficient (Wildman–Crippen LogP) is 0.149. The lowest BCUT2D eigenvalue weighted by molar-refractivity contribution is -0.134. The van der Waals surface area contributed by atoms with Crippen LogP contribution in [0.4, 0.5) is 0 Å². The second kappa shape index (κ2) is 7.59. The zero-order valence-corrected chi connectivity index (χ0v) is 12.6. The van der Waals surface area contributed by atoms with Gasteiger partial charge in [-0.3, -0.25) is 9.59 Å². The summed E-state index contributed by atoms with van der Waals surface area (Å²) < 4.78 is 4.92. The van der Waals surface area contributed by atoms with Gasteiger partial charge in [0, 0.05) is 52.6 Å². The first-order chi connectivity index (χ1) is 9.35. The Kier molecular flexibility index (Phi) is 6.42. The zero-order valence-electron chi connectivity index (χ0n) is 12.6. The Morgan fingerprint density at radius 1 is 1.40 bits per heavy atom. The Balaban J connectivity index is 2.32. The molecule has 2 amide bonds. The van der Waals surface area contributed by atoms with Gasteiger partial charge in [-0.15, -0.1) is 0 Å². The SMILES string of the molecule is COCCC(C)(O)CNC(=O)C1CCN(C(C)=O)CC1. The molecular formula is C14H26N2O4. The summed E-state index contributed by atoms with van der Waals surface area (Å²) in [6.07, 6.45) is 1.85. The Morgan fingerprint density at radius 3 is 2.50 bits per heavy atom. The number of carbonyl (C=O) groups is 2. The van der Waals surface area contributed by atoms with Crippen molar-refractivity contribution in [3.05, 3.63) is 0 Å². The molecule has 0 bridgehead atoms. The molecule has 0 aliphatic carbocycles. The molecule has 1 rings (SSSR count). The minimum atomic E-state index is -0.953. The van der Waals surface area contributed by atoms with Crippen molar-refractivity contribution >= 4 is 11.8 Å². The third-order valence-corrected chi connectivity index (χ3v) is 3.80. The predicted molar refractivity (Wildman–Crippen MR) is 75.1 cm³/mol. The Morgan fingerprint density at radius 2 is 2.00 bits per heavy atom. The van der Waals surface area contributed by atoms with E-state index >= 15 is 0 Å². The Bertz CT molecular complexity index is 336. The van der Waals surface area contributed by atoms with Crippen molar-refractivity contribution in [1.29, 1.82) is 0 Å². The topological polar surface area (TPSA) is 78.9 Å². The second-order valence-corrected chi connectivity index (χ2v) is 5.74. The van der Waals surface area contributed by atoms with E-state index in [9.17, 15) is 14.7 Å². The van der Waals surface area contributed by atoms with Crippen molar-refractivity contribution in [2.45, 2.75) is 38.7 Å². The van der Waals surface area contributed by atoms with Crippen molar-refractivity contribution in [1.82, 2.24) is 10.2 Å². The van der Waals surface area contributed by atoms with Crippen molar-refractivity contribution in [2.24, 2.45) is 5.92 Å². The average Bonchev–Trinajstić information content (AvgIpc) is 2.43. The summed E-state index contributed by atoms with van der Waals surface area (Å²) >= 11 is 0. The molecule has 0 radical (unpaired) electrons. The summed E-state index contributed by atoms with van der Waals surface area (Å²) in [4.78, 5) is 25.0. The van der Waals surface area contributed by atoms with E-state index in [0.717, 1.165) is 0 Å². The third-order valence-electron chi connectivity index (χ3n) is 3.80. The van der Waals surface area contributed by atoms with Crippen LogP contribution in [0.5, 0.6) is 0 Å². The number of likely N-dealkylation sites (tertiary alicyclic amines) is 1. The van der Waals surface area contributed by atoms with Gasteiger partial charge in [0.1, 0.15) is 0 Å². The van der Waals surface area contributed by atoms with Gasteiger partial charge in [-0.2, -0.15) is 0 Å². The van der Waals surface area contributed by atoms with Crippen LogP contribution in [0.15, 0.2) is 0 Å². The molecule has 1 unspecified atom stereocenters. The molecule has 6 heteroatoms. The molecule has 0 aromatic carbocycles. The van der Waals surface area contributed by atoms with Crippen LogP contribution in [0.2, 0.25) is 0 Å². The van der Waals surface area contributed by atoms with E-state index in [1.165, 1.54) is 0 Å². The Labute approximate surface area is 120 Å². The molecule has 0 spiro atoms. The maximum absolute atomic E-state index is 12.0. The van der Waals surface area contributed by atoms with E-state index in [0.29, 0.717) is 39.0 Å². The van der Waals surface area contributed by atoms with Crippen molar-refractivity contribution in [2.75, 3.05) is 33.4 Å². The quantitative estimate of drug-likeness (QED) is 0.728. The monoisotopic (exact) mass is 286 g/mol. The van der Waals surface area contributed by atoms with Gasteiger partial charge >= 0.3 is 0 Å². The molecular weight excluding hydrogens is 260 g/mol. The summed E-state index contributed by atoms with van der Waals surface area (Å²) in [5.74, 6) is -0.0407. The van der Waals surface area contributed by atoms with E-state index in [-0.39, 0.29) is 24.3 Å². The molecule has 116 valence electrons. The maximum atomic E-state index is 12.0. The number of piperidine rings is 1. The number of aliphatic hydroxyl groups is 1. The van der Waals surface area contributed by atoms with Crippen LogP contribution in [-0.4, -0.2) is 60.8 Å². The fourth-order valence-electron chi connectivity index (χ4n) is 2.29. The smallest absolute Gasteiger partial charge is 0.223 e. The van der Waals surface area contributed by atoms with Gasteiger partial charge in [0.25, 0.3) is 0 Å². The van der Waals surface area contributed by atoms with Gasteiger partial charge in [0.2, 0.25) is 11.8 Å². The number of methoxy groups -OCH3 is 1. The van der Waals surface area contributed by atoms with Crippen LogP contribution in [-0.2, 0) is 14.3 Å². The van der Waals surface area contributed by atoms with E-state index in [2.05, 4.69) is 5.32 Å². The second-order valence-electron chi connectivity index (χ2n) is 5.74. The lowest BCUT2D eigenvalue weighted by atomic mass is 9.95. The van der Waals surface area contributed by atoms with Gasteiger partial charge < -0.3 is 20.1 Å². The fraction of sp³-hybridized carbons (Fsp3) is 0.857. The van der Waals surface area contributed by atoms with Gasteiger partial charge in [-0.05, 0) is 19.8 Å². The number of rotatable bonds is 6. The number of carbonyl (C=O) groups excluding carboxylic acids is 2. The molecule has 2 N–H and O–H groups in total. The van der Waals surface area contributed by atoms with Gasteiger partial charge in [-0.25, -0.2) is 0 Å². The largest absolute Gasteiger partial charge is 0.388 e. The number of ether oxygens (including phenoxy) is 1. The van der Waals surface area contributed by atoms with E-state index in [1.807, 2.05) is 0 Å². The molecule has 1 atom stereocenters. The first-order valence-electron chi connectivity index (χ1n) is 7.10. The summed E-state index contributed by atoms with van der Waals surface area (Å²) in [6, 6.07) is 0. The number of amides is 2. The fourth-order valence-corrected chi connectivity index (χ4v) is 2.29. The average molecular weight is 286 g/mol. The number of hydrogen-bond donors (Lipinski definition) is 2. The van der Waals surface area contributed by atoms with Crippen molar-refractivity contribution in [3.63, 3.8) is 0 Å². The molecule has 1 aliphatic rings. The molecule has 1 aliphatic heterocycles. The first-order valence-corrected chi connectivity index (χ1v) is 7.10. The van der Waals surface area contributed by atoms with Crippen LogP contribution in [0.25, 0.3) is 0 Å². The van der Waals surface area contributed by atoms with Gasteiger partial charge in [0.05, 0.1) is 5.60 Å². The lowest BCUT2D eigenvalue weighted by Gasteiger charge is -2.31. The first kappa shape index (κ1) is 16.9. The zero-order chi connectivity index (χ0) is 15.2. The van der Waals surface area contributed by atoms with Crippen molar-refractivity contribution in [3.8, 4) is 0 Å². The molecule has 1 saturated heterocycles. The summed E-state index contributed by atoms with van der Waals surface area (Å²) in [7, 11) is 1.58. The van der Waals surface area contributed by atoms with Gasteiger partial charge in [-0.1, -0.05) is 0 Å². The molecule has 6 nitrogen and oxygen atoms in total. The number of hydrogen-bond acceptors (Lipinski definition) is 4. The highest BCUT2D eigenvalue weighted by Crippen LogP contribution is 2.18. The molecule has 20 heavy (non-hydrogen) atoms. The number of nitrogens with one attached hydrogen (secondary N) is 1. The van der Waals surface area contributed by atoms with Crippen LogP contribution < -0.4 is 5.32 Å². The highest BCUT2D eigenvalue weighted by Gasteiger charge is 2.28. The minimum Gasteiger partial charge on any atom is -0.388 e. The molecule has 1 heterocycles. The van der Waals surface area contributed by atoms with Crippen LogP contribution in [0, 0.1) is 5.92 Å². The van der Waals surface area contributed by atoms with E-state index < -0.39 is 5.60 Å². The Hall–Kier alpha value is -1.14. The summed E-state index contributed by atoms with van der Waals surface area (Å²) in [5.41, 5.74) is -0.953. The van der Waals surface area contributed by atoms with Crippen LogP contribution >= 0.6 is 0 Å². The van der Waals surface area contributed by atoms with Crippen LogP contribution in [0.1, 0.15) is 33.1 Å². The summed E-state index contributed by atoms with van der Waals surface area (Å²) in [6.45, 7) is 5.18.